The molecule has 0 aliphatic carbocycles. The van der Waals surface area contributed by atoms with Crippen molar-refractivity contribution in [1.82, 2.24) is 20.1 Å². The van der Waals surface area contributed by atoms with Gasteiger partial charge in [-0.25, -0.2) is 4.98 Å². The third kappa shape index (κ3) is 3.88. The minimum absolute atomic E-state index is 0. The van der Waals surface area contributed by atoms with E-state index in [-0.39, 0.29) is 24.8 Å². The average molecular weight is 359 g/mol. The zero-order chi connectivity index (χ0) is 15.0. The van der Waals surface area contributed by atoms with Crippen molar-refractivity contribution in [2.45, 2.75) is 19.4 Å². The smallest absolute Gasteiger partial charge is 0.126 e. The highest BCUT2D eigenvalue weighted by molar-refractivity contribution is 5.85. The van der Waals surface area contributed by atoms with Gasteiger partial charge in [0.25, 0.3) is 0 Å². The van der Waals surface area contributed by atoms with Crippen LogP contribution in [0.15, 0.2) is 18.3 Å². The fourth-order valence-electron chi connectivity index (χ4n) is 2.84. The number of aromatic nitrogens is 3. The summed E-state index contributed by atoms with van der Waals surface area (Å²) in [6.45, 7) is 4.09. The Morgan fingerprint density at radius 2 is 2.04 bits per heavy atom. The molecule has 3 rings (SSSR count). The van der Waals surface area contributed by atoms with Crippen LogP contribution >= 0.6 is 24.8 Å². The van der Waals surface area contributed by atoms with Gasteiger partial charge in [-0.05, 0) is 26.5 Å². The number of anilines is 2. The first-order valence-corrected chi connectivity index (χ1v) is 7.27. The van der Waals surface area contributed by atoms with Gasteiger partial charge in [0.1, 0.15) is 5.82 Å². The van der Waals surface area contributed by atoms with Gasteiger partial charge in [-0.15, -0.1) is 24.8 Å². The van der Waals surface area contributed by atoms with Crippen LogP contribution in [0.1, 0.15) is 12.1 Å². The first-order valence-electron chi connectivity index (χ1n) is 7.27. The maximum atomic E-state index is 6.01. The van der Waals surface area contributed by atoms with Crippen LogP contribution < -0.4 is 16.0 Å². The van der Waals surface area contributed by atoms with Crippen LogP contribution in [0.5, 0.6) is 0 Å². The Labute approximate surface area is 149 Å². The predicted molar refractivity (Wildman–Crippen MR) is 99.8 cm³/mol. The summed E-state index contributed by atoms with van der Waals surface area (Å²) in [7, 11) is 3.95. The van der Waals surface area contributed by atoms with E-state index in [0.29, 0.717) is 11.9 Å². The molecule has 0 aromatic carbocycles. The van der Waals surface area contributed by atoms with E-state index >= 15 is 0 Å². The van der Waals surface area contributed by atoms with Gasteiger partial charge in [-0.2, -0.15) is 5.10 Å². The summed E-state index contributed by atoms with van der Waals surface area (Å²) < 4.78 is 1.85. The summed E-state index contributed by atoms with van der Waals surface area (Å²) in [5.41, 5.74) is 10.2. The largest absolute Gasteiger partial charge is 0.384 e. The maximum Gasteiger partial charge on any atom is 0.126 e. The van der Waals surface area contributed by atoms with Crippen molar-refractivity contribution in [1.29, 1.82) is 0 Å². The number of aryl methyl sites for hydroxylation is 1. The Balaban J connectivity index is 0.00000132. The molecular formula is C15H24Cl2N6. The molecule has 2 aromatic rings. The van der Waals surface area contributed by atoms with Gasteiger partial charge in [-0.3, -0.25) is 4.68 Å². The number of hydrogen-bond acceptors (Lipinski definition) is 5. The molecule has 128 valence electrons. The molecular weight excluding hydrogens is 335 g/mol. The number of rotatable bonds is 3. The molecule has 1 unspecified atom stereocenters. The summed E-state index contributed by atoms with van der Waals surface area (Å²) in [6.07, 6.45) is 3.00. The van der Waals surface area contributed by atoms with Crippen LogP contribution in [0.25, 0.3) is 11.3 Å². The van der Waals surface area contributed by atoms with Crippen LogP contribution in [0.4, 0.5) is 11.5 Å². The second kappa shape index (κ2) is 7.86. The molecule has 0 bridgehead atoms. The van der Waals surface area contributed by atoms with E-state index in [1.807, 2.05) is 38.0 Å². The maximum absolute atomic E-state index is 6.01. The minimum atomic E-state index is 0. The first-order chi connectivity index (χ1) is 10.1. The molecule has 1 atom stereocenters. The number of nitrogens with one attached hydrogen (secondary N) is 1. The lowest BCUT2D eigenvalue weighted by Gasteiger charge is -2.19. The second-order valence-electron chi connectivity index (χ2n) is 5.62. The Kier molecular flexibility index (Phi) is 6.68. The van der Waals surface area contributed by atoms with Gasteiger partial charge in [0, 0.05) is 49.2 Å². The van der Waals surface area contributed by atoms with Gasteiger partial charge in [-0.1, -0.05) is 0 Å². The summed E-state index contributed by atoms with van der Waals surface area (Å²) in [4.78, 5) is 6.83. The molecule has 3 N–H and O–H groups in total. The standard InChI is InChI=1S/C15H22N6.2ClH/c1-10-13(8-18-20(10)3)14-6-12(7-15(16)19-14)21-5-4-11(9-21)17-2;;/h6-8,11,17H,4-5,9H2,1-3H3,(H2,16,19);2*1H. The van der Waals surface area contributed by atoms with E-state index in [9.17, 15) is 0 Å². The summed E-state index contributed by atoms with van der Waals surface area (Å²) in [5.74, 6) is 0.554. The highest BCUT2D eigenvalue weighted by Crippen LogP contribution is 2.28. The average Bonchev–Trinajstić information content (AvgIpc) is 3.06. The minimum Gasteiger partial charge on any atom is -0.384 e. The molecule has 0 saturated carbocycles. The van der Waals surface area contributed by atoms with Crippen molar-refractivity contribution in [3.05, 3.63) is 24.0 Å². The Morgan fingerprint density at radius 1 is 1.30 bits per heavy atom. The molecule has 1 aliphatic rings. The van der Waals surface area contributed by atoms with Crippen LogP contribution in [-0.2, 0) is 7.05 Å². The number of halogens is 2. The summed E-state index contributed by atoms with van der Waals surface area (Å²) in [5, 5.41) is 7.62. The summed E-state index contributed by atoms with van der Waals surface area (Å²) in [6, 6.07) is 4.61. The number of nitrogens with zero attached hydrogens (tertiary/aromatic N) is 4. The Morgan fingerprint density at radius 3 is 2.61 bits per heavy atom. The molecule has 0 spiro atoms. The van der Waals surface area contributed by atoms with Crippen molar-refractivity contribution in [2.24, 2.45) is 7.05 Å². The topological polar surface area (TPSA) is 72.0 Å². The van der Waals surface area contributed by atoms with Crippen LogP contribution in [0, 0.1) is 6.92 Å². The zero-order valence-corrected chi connectivity index (χ0v) is 15.2. The summed E-state index contributed by atoms with van der Waals surface area (Å²) >= 11 is 0. The fourth-order valence-corrected chi connectivity index (χ4v) is 2.84. The zero-order valence-electron chi connectivity index (χ0n) is 13.6. The number of hydrogen-bond donors (Lipinski definition) is 2. The van der Waals surface area contributed by atoms with Gasteiger partial charge in [0.05, 0.1) is 11.9 Å². The fraction of sp³-hybridized carbons (Fsp3) is 0.467. The lowest BCUT2D eigenvalue weighted by molar-refractivity contribution is 0.617. The van der Waals surface area contributed by atoms with Crippen molar-refractivity contribution in [3.8, 4) is 11.3 Å². The third-order valence-corrected chi connectivity index (χ3v) is 4.30. The van der Waals surface area contributed by atoms with Gasteiger partial charge >= 0.3 is 0 Å². The van der Waals surface area contributed by atoms with Gasteiger partial charge in [0.2, 0.25) is 0 Å². The van der Waals surface area contributed by atoms with Crippen molar-refractivity contribution >= 4 is 36.3 Å². The lowest BCUT2D eigenvalue weighted by atomic mass is 10.1. The van der Waals surface area contributed by atoms with E-state index in [0.717, 1.165) is 42.1 Å². The molecule has 2 aromatic heterocycles. The highest BCUT2D eigenvalue weighted by atomic mass is 35.5. The second-order valence-corrected chi connectivity index (χ2v) is 5.62. The molecule has 8 heteroatoms. The molecule has 1 saturated heterocycles. The Hall–Kier alpha value is -1.50. The molecule has 0 amide bonds. The van der Waals surface area contributed by atoms with E-state index in [4.69, 9.17) is 5.73 Å². The first kappa shape index (κ1) is 19.5. The molecule has 1 aliphatic heterocycles. The van der Waals surface area contributed by atoms with Crippen molar-refractivity contribution < 1.29 is 0 Å². The van der Waals surface area contributed by atoms with Crippen molar-refractivity contribution in [2.75, 3.05) is 30.8 Å². The quantitative estimate of drug-likeness (QED) is 0.877. The monoisotopic (exact) mass is 358 g/mol. The molecule has 23 heavy (non-hydrogen) atoms. The number of pyridine rings is 1. The van der Waals surface area contributed by atoms with Crippen LogP contribution in [0.2, 0.25) is 0 Å². The Bertz CT molecular complexity index is 657. The SMILES string of the molecule is CNC1CCN(c2cc(N)nc(-c3cnn(C)c3C)c2)C1.Cl.Cl. The number of likely N-dealkylation sites (N-methyl/N-ethyl adjacent to an activating group) is 1. The van der Waals surface area contributed by atoms with Gasteiger partial charge in [0.15, 0.2) is 0 Å². The molecule has 1 fully saturated rings. The molecule has 3 heterocycles. The predicted octanol–water partition coefficient (Wildman–Crippen LogP) is 2.01. The number of nitrogens with two attached hydrogens (primary N) is 1. The lowest BCUT2D eigenvalue weighted by Crippen LogP contribution is -2.29. The van der Waals surface area contributed by atoms with E-state index in [1.165, 1.54) is 0 Å². The van der Waals surface area contributed by atoms with E-state index < -0.39 is 0 Å². The van der Waals surface area contributed by atoms with Gasteiger partial charge < -0.3 is 16.0 Å². The normalized spacial score (nSPS) is 16.8. The van der Waals surface area contributed by atoms with Crippen molar-refractivity contribution in [3.63, 3.8) is 0 Å². The van der Waals surface area contributed by atoms with Crippen LogP contribution in [-0.4, -0.2) is 40.9 Å². The third-order valence-electron chi connectivity index (χ3n) is 4.30. The molecule has 0 radical (unpaired) electrons. The molecule has 6 nitrogen and oxygen atoms in total. The van der Waals surface area contributed by atoms with E-state index in [2.05, 4.69) is 26.4 Å². The van der Waals surface area contributed by atoms with E-state index in [1.54, 1.807) is 0 Å². The highest BCUT2D eigenvalue weighted by Gasteiger charge is 2.22. The van der Waals surface area contributed by atoms with Crippen LogP contribution in [0.3, 0.4) is 0 Å². The number of nitrogen functional groups attached to an aromatic ring is 1.